The molecule has 29 heteroatoms. The predicted octanol–water partition coefficient (Wildman–Crippen LogP) is 1.51. The van der Waals surface area contributed by atoms with E-state index >= 15 is 0 Å². The van der Waals surface area contributed by atoms with E-state index in [0.29, 0.717) is 35.7 Å². The predicted molar refractivity (Wildman–Crippen MR) is 227 cm³/mol. The summed E-state index contributed by atoms with van der Waals surface area (Å²) in [5.41, 5.74) is 2.40. The van der Waals surface area contributed by atoms with Crippen LogP contribution in [0, 0.1) is 0 Å². The summed E-state index contributed by atoms with van der Waals surface area (Å²) < 4.78 is 0. The Labute approximate surface area is 352 Å². The van der Waals surface area contributed by atoms with Crippen molar-refractivity contribution in [2.75, 3.05) is 129 Å². The van der Waals surface area contributed by atoms with Gasteiger partial charge in [-0.3, -0.25) is 17.1 Å². The Morgan fingerprint density at radius 1 is 0.345 bits per heavy atom. The van der Waals surface area contributed by atoms with Gasteiger partial charge in [0.15, 0.2) is 0 Å². The van der Waals surface area contributed by atoms with Gasteiger partial charge in [-0.25, -0.2) is 5.84 Å². The zero-order valence-corrected chi connectivity index (χ0v) is 37.6. The van der Waals surface area contributed by atoms with Gasteiger partial charge in [0.25, 0.3) is 0 Å². The van der Waals surface area contributed by atoms with E-state index in [1.165, 1.54) is 0 Å². The summed E-state index contributed by atoms with van der Waals surface area (Å²) in [7, 11) is 25.9. The molecule has 0 aliphatic rings. The number of nitrogens with two attached hydrogens (primary N) is 3. The van der Waals surface area contributed by atoms with E-state index in [1.54, 1.807) is 38.6 Å². The summed E-state index contributed by atoms with van der Waals surface area (Å²) in [6, 6.07) is 0. The van der Waals surface area contributed by atoms with Crippen LogP contribution in [0.3, 0.4) is 0 Å². The Balaban J connectivity index is -0.000000620. The van der Waals surface area contributed by atoms with Gasteiger partial charge in [-0.05, 0) is 97.8 Å². The minimum atomic E-state index is 0.000000000000000444. The highest BCUT2D eigenvalue weighted by Crippen LogP contribution is 2.14. The Bertz CT molecular complexity index is 1480. The number of hydrogen-bond donors (Lipinski definition) is 6. The van der Waals surface area contributed by atoms with Crippen LogP contribution in [-0.2, 0) is 0 Å². The van der Waals surface area contributed by atoms with Gasteiger partial charge in [0.05, 0.1) is 0 Å². The molecule has 4 aromatic heterocycles. The summed E-state index contributed by atoms with van der Waals surface area (Å²) in [6.07, 6.45) is 0. The number of hydrogen-bond acceptors (Lipinski definition) is 23. The Morgan fingerprint density at radius 2 is 0.509 bits per heavy atom. The van der Waals surface area contributed by atoms with Crippen molar-refractivity contribution in [3.63, 3.8) is 0 Å². The molecule has 23 nitrogen and oxygen atoms in total. The molecule has 0 unspecified atom stereocenters. The van der Waals surface area contributed by atoms with Gasteiger partial charge in [-0.15, -0.1) is 0 Å². The fraction of sp³-hybridized carbons (Fsp3) is 0.538. The topological polar surface area (TPSA) is 285 Å². The maximum atomic E-state index is 5.72. The molecule has 55 heavy (non-hydrogen) atoms. The van der Waals surface area contributed by atoms with Crippen LogP contribution in [0.15, 0.2) is 0 Å². The van der Waals surface area contributed by atoms with E-state index in [2.05, 4.69) is 87.6 Å². The first-order chi connectivity index (χ1) is 25.6. The van der Waals surface area contributed by atoms with Crippen molar-refractivity contribution in [3.8, 4) is 0 Å². The van der Waals surface area contributed by atoms with Gasteiger partial charge in [-0.1, -0.05) is 0 Å². The number of hydrazine groups is 2. The number of rotatable bonds is 6. The summed E-state index contributed by atoms with van der Waals surface area (Å²) in [5.74, 6) is 16.3. The lowest BCUT2D eigenvalue weighted by Crippen LogP contribution is -2.21. The Hall–Kier alpha value is -3.62. The number of halogens is 6. The zero-order chi connectivity index (χ0) is 43.4. The van der Waals surface area contributed by atoms with Crippen molar-refractivity contribution >= 4 is 105 Å². The normalized spacial score (nSPS) is 9.15. The molecular formula is C26H51Cl6N23. The second-order valence-electron chi connectivity index (χ2n) is 10.4. The van der Waals surface area contributed by atoms with Gasteiger partial charge >= 0.3 is 0 Å². The highest BCUT2D eigenvalue weighted by atomic mass is 35.5. The van der Waals surface area contributed by atoms with Crippen molar-refractivity contribution in [1.82, 2.24) is 70.4 Å². The summed E-state index contributed by atoms with van der Waals surface area (Å²) in [6.45, 7) is 0. The Morgan fingerprint density at radius 3 is 0.709 bits per heavy atom. The van der Waals surface area contributed by atoms with Crippen LogP contribution in [0.4, 0.5) is 35.7 Å². The SMILES string of the molecule is CN(C)c1nc(Cl)nc(Cl)n1.CN(C)c1nc(Cl)nc(N(C)C)n1.CN(C)c1nc(NN)nc(N(C)C)n1.CNC.CNC.Clc1nc(Cl)nc(Cl)n1.NN. The highest BCUT2D eigenvalue weighted by Gasteiger charge is 2.09. The van der Waals surface area contributed by atoms with E-state index in [4.69, 9.17) is 75.4 Å². The molecule has 0 aliphatic carbocycles. The molecule has 0 aliphatic heterocycles. The first-order valence-corrected chi connectivity index (χ1v) is 17.2. The Kier molecular flexibility index (Phi) is 32.0. The van der Waals surface area contributed by atoms with Crippen LogP contribution in [0.2, 0.25) is 31.7 Å². The van der Waals surface area contributed by atoms with Crippen LogP contribution >= 0.6 is 69.6 Å². The van der Waals surface area contributed by atoms with E-state index in [1.807, 2.05) is 84.6 Å². The number of nitrogen functional groups attached to an aromatic ring is 1. The quantitative estimate of drug-likeness (QED) is 0.118. The van der Waals surface area contributed by atoms with E-state index < -0.39 is 0 Å². The molecule has 0 saturated carbocycles. The number of nitrogens with zero attached hydrogens (tertiary/aromatic N) is 17. The molecule has 4 rings (SSSR count). The molecule has 0 aromatic carbocycles. The second kappa shape index (κ2) is 31.6. The van der Waals surface area contributed by atoms with Crippen LogP contribution in [0.5, 0.6) is 0 Å². The van der Waals surface area contributed by atoms with Crippen LogP contribution in [0.25, 0.3) is 0 Å². The fourth-order valence-corrected chi connectivity index (χ4v) is 3.48. The molecule has 0 fully saturated rings. The van der Waals surface area contributed by atoms with E-state index in [-0.39, 0.29) is 31.7 Å². The van der Waals surface area contributed by atoms with E-state index in [9.17, 15) is 0 Å². The van der Waals surface area contributed by atoms with Gasteiger partial charge in [-0.2, -0.15) is 59.8 Å². The lowest BCUT2D eigenvalue weighted by molar-refractivity contribution is 0.913. The average molecular weight is 899 g/mol. The molecule has 0 saturated heterocycles. The first kappa shape index (κ1) is 55.7. The molecule has 312 valence electrons. The molecule has 0 spiro atoms. The maximum Gasteiger partial charge on any atom is 0.243 e. The summed E-state index contributed by atoms with van der Waals surface area (Å²) in [5, 5.41) is 5.92. The largest absolute Gasteiger partial charge is 0.347 e. The van der Waals surface area contributed by atoms with Crippen LogP contribution < -0.4 is 58.1 Å². The second-order valence-corrected chi connectivity index (χ2v) is 12.4. The standard InChI is InChI=1S/C7H12ClN5.C7H15N7.C5H6Cl2N4.C3Cl3N3.2C2H7N.H4N2/c1-12(2)6-9-5(8)10-7(11-6)13(3)4;1-13(2)6-9-5(12-8)10-7(11-6)14(3)4;1-11(2)5-9-3(6)8-4(7)10-5;4-1-7-2(5)9-3(6)8-1;2*1-3-2;1-2/h1-4H3;8H2,1-4H3,(H,9,10,11,12);1-2H3;;2*3H,1-2H3;1-2H2. The summed E-state index contributed by atoms with van der Waals surface area (Å²) >= 11 is 32.7. The minimum Gasteiger partial charge on any atom is -0.347 e. The smallest absolute Gasteiger partial charge is 0.243 e. The molecular weight excluding hydrogens is 847 g/mol. The molecule has 0 bridgehead atoms. The molecule has 0 amide bonds. The first-order valence-electron chi connectivity index (χ1n) is 15.0. The van der Waals surface area contributed by atoms with Crippen LogP contribution in [-0.4, -0.2) is 158 Å². The number of aromatic nitrogens is 12. The van der Waals surface area contributed by atoms with Gasteiger partial charge in [0.2, 0.25) is 67.4 Å². The average Bonchev–Trinajstić information content (AvgIpc) is 3.09. The molecule has 4 aromatic rings. The van der Waals surface area contributed by atoms with Crippen molar-refractivity contribution in [2.45, 2.75) is 0 Å². The lowest BCUT2D eigenvalue weighted by atomic mass is 10.7. The van der Waals surface area contributed by atoms with Crippen molar-refractivity contribution in [2.24, 2.45) is 17.5 Å². The van der Waals surface area contributed by atoms with Gasteiger partial charge in [0, 0.05) is 70.5 Å². The van der Waals surface area contributed by atoms with E-state index in [0.717, 1.165) is 0 Å². The number of nitrogens with one attached hydrogen (secondary N) is 3. The zero-order valence-electron chi connectivity index (χ0n) is 33.1. The van der Waals surface area contributed by atoms with Gasteiger partial charge in [0.1, 0.15) is 0 Å². The lowest BCUT2D eigenvalue weighted by Gasteiger charge is -2.15. The highest BCUT2D eigenvalue weighted by molar-refractivity contribution is 6.33. The maximum absolute atomic E-state index is 5.72. The fourth-order valence-electron chi connectivity index (χ4n) is 2.37. The van der Waals surface area contributed by atoms with Crippen molar-refractivity contribution < 1.29 is 0 Å². The van der Waals surface area contributed by atoms with Gasteiger partial charge < -0.3 is 35.1 Å². The van der Waals surface area contributed by atoms with Crippen molar-refractivity contribution in [1.29, 1.82) is 0 Å². The summed E-state index contributed by atoms with van der Waals surface area (Å²) in [4.78, 5) is 54.9. The molecule has 0 atom stereocenters. The third-order valence-corrected chi connectivity index (χ3v) is 5.46. The third-order valence-electron chi connectivity index (χ3n) is 4.45. The third kappa shape index (κ3) is 26.8. The van der Waals surface area contributed by atoms with Crippen LogP contribution in [0.1, 0.15) is 0 Å². The number of anilines is 6. The molecule has 4 heterocycles. The molecule has 0 radical (unpaired) electrons. The molecule has 9 N–H and O–H groups in total. The van der Waals surface area contributed by atoms with Crippen molar-refractivity contribution in [3.05, 3.63) is 31.7 Å². The monoisotopic (exact) mass is 895 g/mol. The minimum absolute atomic E-state index is 0.000000000000000444.